The zero-order chi connectivity index (χ0) is 13.9. The van der Waals surface area contributed by atoms with Gasteiger partial charge in [0.25, 0.3) is 0 Å². The van der Waals surface area contributed by atoms with Crippen LogP contribution in [-0.4, -0.2) is 19.9 Å². The summed E-state index contributed by atoms with van der Waals surface area (Å²) in [6.45, 7) is 0.314. The van der Waals surface area contributed by atoms with E-state index >= 15 is 0 Å². The van der Waals surface area contributed by atoms with Gasteiger partial charge in [-0.1, -0.05) is 0 Å². The lowest BCUT2D eigenvalue weighted by Gasteiger charge is -2.07. The van der Waals surface area contributed by atoms with E-state index in [2.05, 4.69) is 25.6 Å². The SMILES string of the molecule is Nc1ccc(S(=O)(=O)NCCc2cscn2)cc1Br. The summed E-state index contributed by atoms with van der Waals surface area (Å²) < 4.78 is 27.2. The molecule has 0 fully saturated rings. The fraction of sp³-hybridized carbons (Fsp3) is 0.182. The van der Waals surface area contributed by atoms with Crippen LogP contribution in [0.25, 0.3) is 0 Å². The second kappa shape index (κ2) is 6.00. The first-order valence-corrected chi connectivity index (χ1v) is 8.63. The van der Waals surface area contributed by atoms with Crippen molar-refractivity contribution in [3.63, 3.8) is 0 Å². The molecule has 0 bridgehead atoms. The van der Waals surface area contributed by atoms with E-state index in [0.717, 1.165) is 5.69 Å². The van der Waals surface area contributed by atoms with Crippen LogP contribution in [0.3, 0.4) is 0 Å². The third-order valence-electron chi connectivity index (χ3n) is 2.44. The maximum Gasteiger partial charge on any atom is 0.240 e. The molecule has 2 rings (SSSR count). The Balaban J connectivity index is 2.03. The highest BCUT2D eigenvalue weighted by molar-refractivity contribution is 9.10. The summed E-state index contributed by atoms with van der Waals surface area (Å²) in [6.07, 6.45) is 0.568. The molecule has 2 aromatic rings. The summed E-state index contributed by atoms with van der Waals surface area (Å²) in [5.41, 5.74) is 8.73. The Morgan fingerprint density at radius 2 is 2.21 bits per heavy atom. The number of hydrogen-bond donors (Lipinski definition) is 2. The van der Waals surface area contributed by atoms with E-state index in [1.165, 1.54) is 23.5 Å². The van der Waals surface area contributed by atoms with Gasteiger partial charge in [0, 0.05) is 28.5 Å². The second-order valence-electron chi connectivity index (χ2n) is 3.81. The normalized spacial score (nSPS) is 11.6. The molecule has 1 heterocycles. The molecule has 0 radical (unpaired) electrons. The summed E-state index contributed by atoms with van der Waals surface area (Å²) >= 11 is 4.70. The average molecular weight is 362 g/mol. The van der Waals surface area contributed by atoms with Crippen LogP contribution >= 0.6 is 27.3 Å². The van der Waals surface area contributed by atoms with Crippen molar-refractivity contribution in [1.29, 1.82) is 0 Å². The maximum atomic E-state index is 12.0. The smallest absolute Gasteiger partial charge is 0.240 e. The van der Waals surface area contributed by atoms with Crippen LogP contribution in [0.15, 0.2) is 38.5 Å². The van der Waals surface area contributed by atoms with Crippen LogP contribution in [0.5, 0.6) is 0 Å². The molecule has 1 aromatic heterocycles. The van der Waals surface area contributed by atoms with Crippen molar-refractivity contribution in [1.82, 2.24) is 9.71 Å². The number of sulfonamides is 1. The lowest BCUT2D eigenvalue weighted by atomic mass is 10.3. The van der Waals surface area contributed by atoms with Crippen molar-refractivity contribution < 1.29 is 8.42 Å². The molecule has 0 amide bonds. The fourth-order valence-electron chi connectivity index (χ4n) is 1.43. The van der Waals surface area contributed by atoms with Crippen LogP contribution in [0.1, 0.15) is 5.69 Å². The zero-order valence-electron chi connectivity index (χ0n) is 9.84. The van der Waals surface area contributed by atoms with Crippen molar-refractivity contribution in [3.05, 3.63) is 39.3 Å². The number of aromatic nitrogens is 1. The molecule has 5 nitrogen and oxygen atoms in total. The van der Waals surface area contributed by atoms with Gasteiger partial charge in [-0.3, -0.25) is 0 Å². The third-order valence-corrected chi connectivity index (χ3v) is 5.22. The summed E-state index contributed by atoms with van der Waals surface area (Å²) in [5, 5.41) is 1.90. The van der Waals surface area contributed by atoms with Gasteiger partial charge in [-0.05, 0) is 34.1 Å². The molecule has 0 saturated carbocycles. The Morgan fingerprint density at radius 1 is 1.42 bits per heavy atom. The number of hydrogen-bond acceptors (Lipinski definition) is 5. The van der Waals surface area contributed by atoms with E-state index < -0.39 is 10.0 Å². The summed E-state index contributed by atoms with van der Waals surface area (Å²) in [7, 11) is -3.51. The van der Waals surface area contributed by atoms with E-state index in [-0.39, 0.29) is 4.90 Å². The number of benzene rings is 1. The van der Waals surface area contributed by atoms with E-state index in [4.69, 9.17) is 5.73 Å². The van der Waals surface area contributed by atoms with Gasteiger partial charge in [0.2, 0.25) is 10.0 Å². The first kappa shape index (κ1) is 14.4. The van der Waals surface area contributed by atoms with Gasteiger partial charge in [0.15, 0.2) is 0 Å². The molecule has 19 heavy (non-hydrogen) atoms. The van der Waals surface area contributed by atoms with Crippen molar-refractivity contribution in [3.8, 4) is 0 Å². The van der Waals surface area contributed by atoms with Gasteiger partial charge in [-0.15, -0.1) is 11.3 Å². The number of nitrogen functional groups attached to an aromatic ring is 1. The Kier molecular flexibility index (Phi) is 4.56. The molecule has 0 spiro atoms. The van der Waals surface area contributed by atoms with E-state index in [1.807, 2.05) is 5.38 Å². The number of nitrogens with zero attached hydrogens (tertiary/aromatic N) is 1. The predicted molar refractivity (Wildman–Crippen MR) is 79.6 cm³/mol. The predicted octanol–water partition coefficient (Wildman–Crippen LogP) is 2.01. The molecule has 3 N–H and O–H groups in total. The molecule has 0 aliphatic heterocycles. The van der Waals surface area contributed by atoms with Gasteiger partial charge < -0.3 is 5.73 Å². The molecule has 102 valence electrons. The van der Waals surface area contributed by atoms with Crippen molar-refractivity contribution >= 4 is 43.0 Å². The van der Waals surface area contributed by atoms with Crippen molar-refractivity contribution in [2.45, 2.75) is 11.3 Å². The molecule has 0 saturated heterocycles. The molecule has 8 heteroatoms. The fourth-order valence-corrected chi connectivity index (χ4v) is 3.61. The Morgan fingerprint density at radius 3 is 2.84 bits per heavy atom. The van der Waals surface area contributed by atoms with Gasteiger partial charge in [-0.2, -0.15) is 0 Å². The first-order chi connectivity index (χ1) is 8.99. The monoisotopic (exact) mass is 361 g/mol. The van der Waals surface area contributed by atoms with Crippen molar-refractivity contribution in [2.75, 3.05) is 12.3 Å². The highest BCUT2D eigenvalue weighted by atomic mass is 79.9. The number of nitrogens with one attached hydrogen (secondary N) is 1. The van der Waals surface area contributed by atoms with Crippen LogP contribution in [0, 0.1) is 0 Å². The molecule has 0 unspecified atom stereocenters. The largest absolute Gasteiger partial charge is 0.398 e. The second-order valence-corrected chi connectivity index (χ2v) is 7.15. The maximum absolute atomic E-state index is 12.0. The van der Waals surface area contributed by atoms with Gasteiger partial charge in [-0.25, -0.2) is 18.1 Å². The van der Waals surface area contributed by atoms with Gasteiger partial charge >= 0.3 is 0 Å². The van der Waals surface area contributed by atoms with Crippen LogP contribution < -0.4 is 10.5 Å². The minimum absolute atomic E-state index is 0.187. The highest BCUT2D eigenvalue weighted by Crippen LogP contribution is 2.22. The molecule has 0 aliphatic rings. The van der Waals surface area contributed by atoms with Crippen LogP contribution in [0.2, 0.25) is 0 Å². The first-order valence-electron chi connectivity index (χ1n) is 5.41. The lowest BCUT2D eigenvalue weighted by molar-refractivity contribution is 0.581. The summed E-state index contributed by atoms with van der Waals surface area (Å²) in [4.78, 5) is 4.28. The highest BCUT2D eigenvalue weighted by Gasteiger charge is 2.14. The average Bonchev–Trinajstić information content (AvgIpc) is 2.85. The standard InChI is InChI=1S/C11H12BrN3O2S2/c12-10-5-9(1-2-11(10)13)19(16,17)15-4-3-8-6-18-7-14-8/h1-2,5-7,15H,3-4,13H2. The van der Waals surface area contributed by atoms with E-state index in [1.54, 1.807) is 11.6 Å². The third kappa shape index (κ3) is 3.75. The number of nitrogens with two attached hydrogens (primary N) is 1. The summed E-state index contributed by atoms with van der Waals surface area (Å²) in [5.74, 6) is 0. The van der Waals surface area contributed by atoms with E-state index in [0.29, 0.717) is 23.1 Å². The topological polar surface area (TPSA) is 85.1 Å². The Labute approximate surface area is 124 Å². The zero-order valence-corrected chi connectivity index (χ0v) is 13.1. The number of thiazole rings is 1. The number of rotatable bonds is 5. The molecule has 1 aromatic carbocycles. The number of anilines is 1. The molecular formula is C11H12BrN3O2S2. The van der Waals surface area contributed by atoms with Crippen molar-refractivity contribution in [2.24, 2.45) is 0 Å². The Bertz CT molecular complexity index is 657. The molecule has 0 aliphatic carbocycles. The lowest BCUT2D eigenvalue weighted by Crippen LogP contribution is -2.26. The van der Waals surface area contributed by atoms with Gasteiger partial charge in [0.05, 0.1) is 16.1 Å². The minimum atomic E-state index is -3.51. The Hall–Kier alpha value is -0.960. The summed E-state index contributed by atoms with van der Waals surface area (Å²) in [6, 6.07) is 4.52. The quantitative estimate of drug-likeness (QED) is 0.797. The van der Waals surface area contributed by atoms with Crippen LogP contribution in [0.4, 0.5) is 5.69 Å². The van der Waals surface area contributed by atoms with Crippen LogP contribution in [-0.2, 0) is 16.4 Å². The molecule has 0 atom stereocenters. The minimum Gasteiger partial charge on any atom is -0.398 e. The molecular weight excluding hydrogens is 350 g/mol. The number of halogens is 1. The van der Waals surface area contributed by atoms with Gasteiger partial charge in [0.1, 0.15) is 0 Å². The van der Waals surface area contributed by atoms with E-state index in [9.17, 15) is 8.42 Å².